The Kier molecular flexibility index (Phi) is 4.00. The molecule has 1 N–H and O–H groups in total. The highest BCUT2D eigenvalue weighted by molar-refractivity contribution is 9.09. The normalized spacial score (nSPS) is 11.1. The van der Waals surface area contributed by atoms with Crippen LogP contribution in [0.1, 0.15) is 19.2 Å². The van der Waals surface area contributed by atoms with E-state index in [4.69, 9.17) is 0 Å². The van der Waals surface area contributed by atoms with Crippen LogP contribution in [0.3, 0.4) is 0 Å². The van der Waals surface area contributed by atoms with Crippen LogP contribution in [-0.2, 0) is 0 Å². The van der Waals surface area contributed by atoms with Gasteiger partial charge in [-0.1, -0.05) is 22.9 Å². The highest BCUT2D eigenvalue weighted by atomic mass is 79.9. The number of nitrogens with zero attached hydrogens (tertiary/aromatic N) is 4. The van der Waals surface area contributed by atoms with Crippen molar-refractivity contribution < 1.29 is 0 Å². The molecule has 0 aliphatic heterocycles. The lowest BCUT2D eigenvalue weighted by Gasteiger charge is -2.22. The van der Waals surface area contributed by atoms with Crippen LogP contribution in [0.2, 0.25) is 0 Å². The first kappa shape index (κ1) is 13.1. The molecule has 0 atom stereocenters. The summed E-state index contributed by atoms with van der Waals surface area (Å²) < 4.78 is 1.47. The Morgan fingerprint density at radius 1 is 1.50 bits per heavy atom. The van der Waals surface area contributed by atoms with Gasteiger partial charge in [0.25, 0.3) is 0 Å². The van der Waals surface area contributed by atoms with E-state index >= 15 is 0 Å². The Labute approximate surface area is 113 Å². The predicted octanol–water partition coefficient (Wildman–Crippen LogP) is 1.34. The number of H-pyrrole nitrogens is 1. The maximum atomic E-state index is 11.5. The minimum atomic E-state index is -0.246. The lowest BCUT2D eigenvalue weighted by Crippen LogP contribution is -2.28. The highest BCUT2D eigenvalue weighted by Gasteiger charge is 2.11. The van der Waals surface area contributed by atoms with Crippen molar-refractivity contribution in [1.29, 1.82) is 0 Å². The summed E-state index contributed by atoms with van der Waals surface area (Å²) >= 11 is 3.44. The van der Waals surface area contributed by atoms with Crippen LogP contribution in [0, 0.1) is 6.92 Å². The summed E-state index contributed by atoms with van der Waals surface area (Å²) in [5, 5.41) is 7.31. The quantitative estimate of drug-likeness (QED) is 0.846. The largest absolute Gasteiger partial charge is 0.356 e. The molecule has 7 heteroatoms. The van der Waals surface area contributed by atoms with E-state index < -0.39 is 0 Å². The first-order valence-electron chi connectivity index (χ1n) is 5.93. The molecule has 0 aliphatic rings. The van der Waals surface area contributed by atoms with Gasteiger partial charge in [0.05, 0.1) is 0 Å². The monoisotopic (exact) mass is 313 g/mol. The number of nitrogens with one attached hydrogen (secondary N) is 1. The summed E-state index contributed by atoms with van der Waals surface area (Å²) in [5.74, 6) is 1.51. The van der Waals surface area contributed by atoms with Crippen LogP contribution in [0.25, 0.3) is 5.65 Å². The van der Waals surface area contributed by atoms with Crippen LogP contribution >= 0.6 is 15.9 Å². The van der Waals surface area contributed by atoms with Gasteiger partial charge in [0, 0.05) is 24.5 Å². The number of alkyl halides is 1. The first-order valence-corrected chi connectivity index (χ1v) is 7.05. The van der Waals surface area contributed by atoms with Crippen molar-refractivity contribution in [3.8, 4) is 0 Å². The molecular formula is C11H16BrN5O. The average Bonchev–Trinajstić information content (AvgIpc) is 2.71. The van der Waals surface area contributed by atoms with Crippen LogP contribution in [0.4, 0.5) is 5.82 Å². The van der Waals surface area contributed by atoms with E-state index in [9.17, 15) is 4.79 Å². The van der Waals surface area contributed by atoms with Gasteiger partial charge in [-0.15, -0.1) is 0 Å². The maximum absolute atomic E-state index is 11.5. The van der Waals surface area contributed by atoms with Gasteiger partial charge < -0.3 is 4.90 Å². The van der Waals surface area contributed by atoms with Crippen molar-refractivity contribution in [2.75, 3.05) is 23.3 Å². The standard InChI is InChI=1S/C11H16BrN5O/c1-3-5-16(6-4-12)9-7-10-14-15-11(18)17(10)8(2)13-9/h7H,3-6H2,1-2H3,(H,15,18). The van der Waals surface area contributed by atoms with Gasteiger partial charge in [0.2, 0.25) is 0 Å². The van der Waals surface area contributed by atoms with Crippen LogP contribution in [-0.4, -0.2) is 38.0 Å². The second kappa shape index (κ2) is 5.51. The molecule has 0 aromatic carbocycles. The number of anilines is 1. The number of halogens is 1. The van der Waals surface area contributed by atoms with Gasteiger partial charge >= 0.3 is 5.69 Å². The molecule has 0 radical (unpaired) electrons. The van der Waals surface area contributed by atoms with Crippen molar-refractivity contribution in [1.82, 2.24) is 19.6 Å². The third-order valence-electron chi connectivity index (χ3n) is 2.73. The van der Waals surface area contributed by atoms with E-state index in [1.165, 1.54) is 4.40 Å². The molecule has 98 valence electrons. The van der Waals surface area contributed by atoms with E-state index in [2.05, 4.69) is 42.9 Å². The average molecular weight is 314 g/mol. The molecule has 2 aromatic heterocycles. The molecule has 0 saturated heterocycles. The zero-order valence-corrected chi connectivity index (χ0v) is 12.1. The van der Waals surface area contributed by atoms with Crippen molar-refractivity contribution in [3.63, 3.8) is 0 Å². The second-order valence-corrected chi connectivity index (χ2v) is 4.85. The predicted molar refractivity (Wildman–Crippen MR) is 74.6 cm³/mol. The summed E-state index contributed by atoms with van der Waals surface area (Å²) in [7, 11) is 0. The van der Waals surface area contributed by atoms with Gasteiger partial charge in [-0.2, -0.15) is 5.10 Å². The minimum absolute atomic E-state index is 0.246. The third kappa shape index (κ3) is 2.40. The van der Waals surface area contributed by atoms with E-state index in [1.807, 2.05) is 13.0 Å². The highest BCUT2D eigenvalue weighted by Crippen LogP contribution is 2.14. The molecule has 2 rings (SSSR count). The van der Waals surface area contributed by atoms with Crippen molar-refractivity contribution in [2.45, 2.75) is 20.3 Å². The fourth-order valence-electron chi connectivity index (χ4n) is 1.96. The number of fused-ring (bicyclic) bond motifs is 1. The molecule has 2 aromatic rings. The number of aromatic nitrogens is 4. The molecule has 0 aliphatic carbocycles. The Morgan fingerprint density at radius 3 is 2.94 bits per heavy atom. The summed E-state index contributed by atoms with van der Waals surface area (Å²) in [6.45, 7) is 5.76. The lowest BCUT2D eigenvalue weighted by molar-refractivity contribution is 0.775. The van der Waals surface area contributed by atoms with E-state index in [0.29, 0.717) is 11.5 Å². The van der Waals surface area contributed by atoms with E-state index in [-0.39, 0.29) is 5.69 Å². The van der Waals surface area contributed by atoms with Gasteiger partial charge in [-0.25, -0.2) is 19.3 Å². The van der Waals surface area contributed by atoms with Gasteiger partial charge in [0.15, 0.2) is 5.65 Å². The summed E-state index contributed by atoms with van der Waals surface area (Å²) in [5.41, 5.74) is 0.363. The Hall–Kier alpha value is -1.37. The molecule has 0 saturated carbocycles. The number of rotatable bonds is 5. The zero-order chi connectivity index (χ0) is 13.1. The number of aryl methyl sites for hydroxylation is 1. The van der Waals surface area contributed by atoms with E-state index in [0.717, 1.165) is 30.7 Å². The van der Waals surface area contributed by atoms with Crippen molar-refractivity contribution in [2.24, 2.45) is 0 Å². The van der Waals surface area contributed by atoms with Gasteiger partial charge in [0.1, 0.15) is 11.6 Å². The van der Waals surface area contributed by atoms with Crippen LogP contribution in [0.5, 0.6) is 0 Å². The maximum Gasteiger partial charge on any atom is 0.349 e. The first-order chi connectivity index (χ1) is 8.67. The molecule has 6 nitrogen and oxygen atoms in total. The lowest BCUT2D eigenvalue weighted by atomic mass is 10.4. The topological polar surface area (TPSA) is 66.3 Å². The Morgan fingerprint density at radius 2 is 2.28 bits per heavy atom. The summed E-state index contributed by atoms with van der Waals surface area (Å²) in [6.07, 6.45) is 1.05. The van der Waals surface area contributed by atoms with Crippen LogP contribution < -0.4 is 10.6 Å². The van der Waals surface area contributed by atoms with Crippen molar-refractivity contribution >= 4 is 27.4 Å². The number of aromatic amines is 1. The van der Waals surface area contributed by atoms with Gasteiger partial charge in [-0.3, -0.25) is 0 Å². The molecule has 0 unspecified atom stereocenters. The van der Waals surface area contributed by atoms with Crippen molar-refractivity contribution in [3.05, 3.63) is 22.4 Å². The molecule has 18 heavy (non-hydrogen) atoms. The van der Waals surface area contributed by atoms with Crippen LogP contribution in [0.15, 0.2) is 10.9 Å². The molecule has 0 bridgehead atoms. The fourth-order valence-corrected chi connectivity index (χ4v) is 2.39. The van der Waals surface area contributed by atoms with Gasteiger partial charge in [-0.05, 0) is 13.3 Å². The third-order valence-corrected chi connectivity index (χ3v) is 3.08. The fraction of sp³-hybridized carbons (Fsp3) is 0.545. The number of hydrogen-bond donors (Lipinski definition) is 1. The second-order valence-electron chi connectivity index (χ2n) is 4.06. The number of hydrogen-bond acceptors (Lipinski definition) is 4. The summed E-state index contributed by atoms with van der Waals surface area (Å²) in [4.78, 5) is 18.2. The minimum Gasteiger partial charge on any atom is -0.356 e. The zero-order valence-electron chi connectivity index (χ0n) is 10.5. The Bertz CT molecular complexity index is 585. The molecule has 0 amide bonds. The summed E-state index contributed by atoms with van der Waals surface area (Å²) in [6, 6.07) is 1.84. The Balaban J connectivity index is 2.47. The molecule has 0 spiro atoms. The smallest absolute Gasteiger partial charge is 0.349 e. The van der Waals surface area contributed by atoms with E-state index in [1.54, 1.807) is 0 Å². The molecular weight excluding hydrogens is 298 g/mol. The SMILES string of the molecule is CCCN(CCBr)c1cc2n[nH]c(=O)n2c(C)n1. The molecule has 0 fully saturated rings. The molecule has 2 heterocycles.